The molecule has 0 radical (unpaired) electrons. The predicted molar refractivity (Wildman–Crippen MR) is 50.2 cm³/mol. The number of thioether (sulfide) groups is 1. The molecule has 0 bridgehead atoms. The highest BCUT2D eigenvalue weighted by Crippen LogP contribution is 2.19. The van der Waals surface area contributed by atoms with Gasteiger partial charge in [0.1, 0.15) is 0 Å². The zero-order chi connectivity index (χ0) is 7.52. The van der Waals surface area contributed by atoms with Crippen molar-refractivity contribution in [2.75, 3.05) is 12.3 Å². The number of nitrogens with zero attached hydrogens (tertiary/aromatic N) is 1. The number of rotatable bonds is 1. The molecule has 0 amide bonds. The average molecular weight is 170 g/mol. The molecule has 11 heavy (non-hydrogen) atoms. The SMILES string of the molecule is C1CCC(NC2=NCCS2)C1. The second-order valence-corrected chi connectivity index (χ2v) is 4.24. The summed E-state index contributed by atoms with van der Waals surface area (Å²) in [6.45, 7) is 1.01. The van der Waals surface area contributed by atoms with Crippen molar-refractivity contribution in [2.24, 2.45) is 4.99 Å². The van der Waals surface area contributed by atoms with Crippen LogP contribution in [0.2, 0.25) is 0 Å². The number of nitrogens with one attached hydrogen (secondary N) is 1. The van der Waals surface area contributed by atoms with Crippen LogP contribution in [-0.4, -0.2) is 23.5 Å². The summed E-state index contributed by atoms with van der Waals surface area (Å²) in [4.78, 5) is 4.37. The molecule has 0 spiro atoms. The first-order valence-corrected chi connectivity index (χ1v) is 5.37. The predicted octanol–water partition coefficient (Wildman–Crippen LogP) is 1.62. The topological polar surface area (TPSA) is 24.4 Å². The first kappa shape index (κ1) is 7.47. The minimum absolute atomic E-state index is 0.736. The first-order chi connectivity index (χ1) is 5.45. The van der Waals surface area contributed by atoms with Crippen LogP contribution >= 0.6 is 11.8 Å². The lowest BCUT2D eigenvalue weighted by molar-refractivity contribution is 0.635. The molecule has 2 rings (SSSR count). The summed E-state index contributed by atoms with van der Waals surface area (Å²) < 4.78 is 0. The van der Waals surface area contributed by atoms with Gasteiger partial charge in [0.15, 0.2) is 5.17 Å². The monoisotopic (exact) mass is 170 g/mol. The summed E-state index contributed by atoms with van der Waals surface area (Å²) in [5.74, 6) is 1.18. The fourth-order valence-electron chi connectivity index (χ4n) is 1.67. The van der Waals surface area contributed by atoms with Gasteiger partial charge in [-0.2, -0.15) is 0 Å². The van der Waals surface area contributed by atoms with Crippen molar-refractivity contribution in [1.82, 2.24) is 5.32 Å². The van der Waals surface area contributed by atoms with E-state index in [1.807, 2.05) is 11.8 Å². The van der Waals surface area contributed by atoms with Crippen molar-refractivity contribution >= 4 is 16.9 Å². The minimum Gasteiger partial charge on any atom is -0.362 e. The fraction of sp³-hybridized carbons (Fsp3) is 0.875. The Morgan fingerprint density at radius 2 is 2.18 bits per heavy atom. The molecule has 0 aromatic carbocycles. The van der Waals surface area contributed by atoms with Crippen LogP contribution in [0, 0.1) is 0 Å². The molecular formula is C8H14N2S. The second-order valence-electron chi connectivity index (χ2n) is 3.16. The highest BCUT2D eigenvalue weighted by Gasteiger charge is 2.17. The molecule has 62 valence electrons. The molecule has 3 heteroatoms. The maximum Gasteiger partial charge on any atom is 0.156 e. The molecule has 0 atom stereocenters. The zero-order valence-corrected chi connectivity index (χ0v) is 7.49. The van der Waals surface area contributed by atoms with E-state index in [1.165, 1.54) is 36.6 Å². The lowest BCUT2D eigenvalue weighted by Crippen LogP contribution is -2.29. The van der Waals surface area contributed by atoms with Crippen LogP contribution in [-0.2, 0) is 0 Å². The van der Waals surface area contributed by atoms with Crippen LogP contribution in [0.25, 0.3) is 0 Å². The van der Waals surface area contributed by atoms with Crippen molar-refractivity contribution in [3.63, 3.8) is 0 Å². The van der Waals surface area contributed by atoms with Crippen LogP contribution in [0.1, 0.15) is 25.7 Å². The molecule has 0 aromatic rings. The van der Waals surface area contributed by atoms with E-state index in [0.717, 1.165) is 12.6 Å². The van der Waals surface area contributed by atoms with E-state index in [1.54, 1.807) is 0 Å². The minimum atomic E-state index is 0.736. The summed E-state index contributed by atoms with van der Waals surface area (Å²) in [6.07, 6.45) is 5.49. The van der Waals surface area contributed by atoms with E-state index in [-0.39, 0.29) is 0 Å². The van der Waals surface area contributed by atoms with Gasteiger partial charge in [-0.3, -0.25) is 4.99 Å². The van der Waals surface area contributed by atoms with Gasteiger partial charge < -0.3 is 5.32 Å². The molecule has 1 heterocycles. The lowest BCUT2D eigenvalue weighted by atomic mass is 10.3. The third kappa shape index (κ3) is 1.89. The molecule has 1 saturated carbocycles. The molecule has 1 fully saturated rings. The Morgan fingerprint density at radius 3 is 2.82 bits per heavy atom. The number of hydrogen-bond donors (Lipinski definition) is 1. The Balaban J connectivity index is 1.79. The zero-order valence-electron chi connectivity index (χ0n) is 6.68. The highest BCUT2D eigenvalue weighted by atomic mass is 32.2. The fourth-order valence-corrected chi connectivity index (χ4v) is 2.48. The third-order valence-corrected chi connectivity index (χ3v) is 3.18. The smallest absolute Gasteiger partial charge is 0.156 e. The molecule has 0 unspecified atom stereocenters. The van der Waals surface area contributed by atoms with Crippen molar-refractivity contribution in [3.8, 4) is 0 Å². The van der Waals surface area contributed by atoms with E-state index in [4.69, 9.17) is 0 Å². The van der Waals surface area contributed by atoms with E-state index < -0.39 is 0 Å². The number of amidine groups is 1. The highest BCUT2D eigenvalue weighted by molar-refractivity contribution is 8.14. The number of aliphatic imine (C=N–C) groups is 1. The molecule has 2 nitrogen and oxygen atoms in total. The molecule has 0 aromatic heterocycles. The molecule has 1 aliphatic carbocycles. The van der Waals surface area contributed by atoms with Gasteiger partial charge in [0.05, 0.1) is 6.54 Å². The Bertz CT molecular complexity index is 161. The molecule has 1 N–H and O–H groups in total. The van der Waals surface area contributed by atoms with Gasteiger partial charge in [0.25, 0.3) is 0 Å². The van der Waals surface area contributed by atoms with E-state index in [0.29, 0.717) is 0 Å². The van der Waals surface area contributed by atoms with Crippen LogP contribution in [0.15, 0.2) is 4.99 Å². The van der Waals surface area contributed by atoms with Gasteiger partial charge in [-0.1, -0.05) is 24.6 Å². The molecular weight excluding hydrogens is 156 g/mol. The summed E-state index contributed by atoms with van der Waals surface area (Å²) in [5, 5.41) is 4.68. The van der Waals surface area contributed by atoms with Gasteiger partial charge in [0.2, 0.25) is 0 Å². The largest absolute Gasteiger partial charge is 0.362 e. The Labute approximate surface area is 71.9 Å². The van der Waals surface area contributed by atoms with Gasteiger partial charge in [0, 0.05) is 11.8 Å². The summed E-state index contributed by atoms with van der Waals surface area (Å²) >= 11 is 1.87. The van der Waals surface area contributed by atoms with Crippen LogP contribution in [0.3, 0.4) is 0 Å². The standard InChI is InChI=1S/C8H14N2S/c1-2-4-7(3-1)10-8-9-5-6-11-8/h7H,1-6H2,(H,9,10). The third-order valence-electron chi connectivity index (χ3n) is 2.27. The van der Waals surface area contributed by atoms with E-state index in [2.05, 4.69) is 10.3 Å². The number of hydrogen-bond acceptors (Lipinski definition) is 3. The Hall–Kier alpha value is -0.180. The van der Waals surface area contributed by atoms with E-state index >= 15 is 0 Å². The molecule has 2 aliphatic rings. The van der Waals surface area contributed by atoms with Crippen LogP contribution in [0.5, 0.6) is 0 Å². The van der Waals surface area contributed by atoms with Gasteiger partial charge >= 0.3 is 0 Å². The molecule has 0 saturated heterocycles. The molecule has 1 aliphatic heterocycles. The van der Waals surface area contributed by atoms with Gasteiger partial charge in [-0.15, -0.1) is 0 Å². The summed E-state index contributed by atoms with van der Waals surface area (Å²) in [5.41, 5.74) is 0. The average Bonchev–Trinajstić information content (AvgIpc) is 2.60. The van der Waals surface area contributed by atoms with Gasteiger partial charge in [-0.05, 0) is 12.8 Å². The second kappa shape index (κ2) is 3.48. The Kier molecular flexibility index (Phi) is 2.36. The van der Waals surface area contributed by atoms with Crippen molar-refractivity contribution < 1.29 is 0 Å². The summed E-state index contributed by atoms with van der Waals surface area (Å²) in [6, 6.07) is 0.736. The van der Waals surface area contributed by atoms with E-state index in [9.17, 15) is 0 Å². The van der Waals surface area contributed by atoms with Gasteiger partial charge in [-0.25, -0.2) is 0 Å². The maximum absolute atomic E-state index is 4.37. The quantitative estimate of drug-likeness (QED) is 0.646. The normalized spacial score (nSPS) is 25.6. The first-order valence-electron chi connectivity index (χ1n) is 4.39. The van der Waals surface area contributed by atoms with Crippen LogP contribution < -0.4 is 5.32 Å². The Morgan fingerprint density at radius 1 is 1.36 bits per heavy atom. The lowest BCUT2D eigenvalue weighted by Gasteiger charge is -2.11. The summed E-state index contributed by atoms with van der Waals surface area (Å²) in [7, 11) is 0. The van der Waals surface area contributed by atoms with Crippen molar-refractivity contribution in [1.29, 1.82) is 0 Å². The van der Waals surface area contributed by atoms with Crippen LogP contribution in [0.4, 0.5) is 0 Å². The van der Waals surface area contributed by atoms with Crippen molar-refractivity contribution in [3.05, 3.63) is 0 Å². The maximum atomic E-state index is 4.37. The van der Waals surface area contributed by atoms with Crippen molar-refractivity contribution in [2.45, 2.75) is 31.7 Å².